The van der Waals surface area contributed by atoms with Gasteiger partial charge in [0.2, 0.25) is 0 Å². The molecule has 0 aromatic carbocycles. The van der Waals surface area contributed by atoms with Crippen LogP contribution in [0.1, 0.15) is 162 Å². The van der Waals surface area contributed by atoms with Crippen molar-refractivity contribution in [1.29, 1.82) is 0 Å². The second-order valence-electron chi connectivity index (χ2n) is 16.7. The van der Waals surface area contributed by atoms with Crippen molar-refractivity contribution >= 4 is 19.8 Å². The van der Waals surface area contributed by atoms with E-state index in [0.29, 0.717) is 23.9 Å². The lowest BCUT2D eigenvalue weighted by molar-refractivity contribution is -0.870. The van der Waals surface area contributed by atoms with E-state index in [0.717, 1.165) is 109 Å². The molecule has 0 bridgehead atoms. The van der Waals surface area contributed by atoms with E-state index in [9.17, 15) is 19.0 Å². The van der Waals surface area contributed by atoms with E-state index in [4.69, 9.17) is 18.5 Å². The predicted molar refractivity (Wildman–Crippen MR) is 263 cm³/mol. The number of likely N-dealkylation sites (N-methyl/N-ethyl adjacent to an activating group) is 1. The van der Waals surface area contributed by atoms with Gasteiger partial charge >= 0.3 is 11.9 Å². The fourth-order valence-corrected chi connectivity index (χ4v) is 6.50. The SMILES string of the molecule is CC/C=C\C/C=C\C/C=C\C/C=C\C/C=C\C/C=C\C/C=C\CCCCCC(=O)OC(COC(=O)CCCCCCC/C=C\C/C=C\CCCC)COP(=O)([O-])OCC[N+](C)(C)C. The first-order valence-corrected chi connectivity index (χ1v) is 25.6. The third kappa shape index (κ3) is 48.0. The fraction of sp³-hybridized carbons (Fsp3) is 0.623. The van der Waals surface area contributed by atoms with Crippen LogP contribution in [0.2, 0.25) is 0 Å². The molecule has 0 amide bonds. The molecule has 0 fully saturated rings. The molecule has 0 rings (SSSR count). The lowest BCUT2D eigenvalue weighted by Gasteiger charge is -2.28. The molecule has 0 aliphatic rings. The van der Waals surface area contributed by atoms with Crippen LogP contribution in [0.15, 0.2) is 109 Å². The number of ether oxygens (including phenoxy) is 2. The van der Waals surface area contributed by atoms with Crippen LogP contribution in [-0.2, 0) is 32.7 Å². The van der Waals surface area contributed by atoms with E-state index < -0.39 is 32.5 Å². The third-order valence-electron chi connectivity index (χ3n) is 9.53. The molecular formula is C53H88NO8P. The van der Waals surface area contributed by atoms with E-state index in [1.807, 2.05) is 21.1 Å². The van der Waals surface area contributed by atoms with Gasteiger partial charge in [0.25, 0.3) is 7.82 Å². The van der Waals surface area contributed by atoms with E-state index in [1.165, 1.54) is 12.8 Å². The first kappa shape index (κ1) is 59.7. The van der Waals surface area contributed by atoms with Crippen molar-refractivity contribution in [3.63, 3.8) is 0 Å². The highest BCUT2D eigenvalue weighted by Gasteiger charge is 2.21. The maximum Gasteiger partial charge on any atom is 0.306 e. The van der Waals surface area contributed by atoms with Crippen LogP contribution in [-0.4, -0.2) is 70.0 Å². The van der Waals surface area contributed by atoms with Gasteiger partial charge in [-0.15, -0.1) is 0 Å². The van der Waals surface area contributed by atoms with Crippen molar-refractivity contribution < 1.29 is 42.1 Å². The maximum atomic E-state index is 12.7. The molecule has 0 N–H and O–H groups in total. The Bertz CT molecular complexity index is 1430. The monoisotopic (exact) mass is 898 g/mol. The fourth-order valence-electron chi connectivity index (χ4n) is 5.77. The minimum absolute atomic E-state index is 0.0467. The Kier molecular flexibility index (Phi) is 41.6. The average molecular weight is 898 g/mol. The molecule has 0 spiro atoms. The van der Waals surface area contributed by atoms with Crippen molar-refractivity contribution in [1.82, 2.24) is 0 Å². The second kappa shape index (κ2) is 43.9. The van der Waals surface area contributed by atoms with Gasteiger partial charge in [-0.1, -0.05) is 162 Å². The number of hydrogen-bond acceptors (Lipinski definition) is 8. The summed E-state index contributed by atoms with van der Waals surface area (Å²) in [4.78, 5) is 37.6. The zero-order chi connectivity index (χ0) is 46.4. The van der Waals surface area contributed by atoms with Crippen LogP contribution >= 0.6 is 7.82 Å². The summed E-state index contributed by atoms with van der Waals surface area (Å²) in [5.41, 5.74) is 0. The number of nitrogens with zero attached hydrogens (tertiary/aromatic N) is 1. The van der Waals surface area contributed by atoms with E-state index >= 15 is 0 Å². The Hall–Kier alpha value is -3.33. The lowest BCUT2D eigenvalue weighted by Crippen LogP contribution is -2.37. The molecule has 2 atom stereocenters. The summed E-state index contributed by atoms with van der Waals surface area (Å²) in [7, 11) is 1.11. The molecule has 10 heteroatoms. The van der Waals surface area contributed by atoms with Gasteiger partial charge in [0.05, 0.1) is 27.7 Å². The summed E-state index contributed by atoms with van der Waals surface area (Å²) in [5.74, 6) is -0.901. The second-order valence-corrected chi connectivity index (χ2v) is 18.1. The van der Waals surface area contributed by atoms with Crippen molar-refractivity contribution in [3.8, 4) is 0 Å². The number of phosphoric ester groups is 1. The molecule has 358 valence electrons. The van der Waals surface area contributed by atoms with Crippen LogP contribution in [0.4, 0.5) is 0 Å². The summed E-state index contributed by atoms with van der Waals surface area (Å²) < 4.78 is 33.9. The summed E-state index contributed by atoms with van der Waals surface area (Å²) in [5, 5.41) is 0. The van der Waals surface area contributed by atoms with Crippen molar-refractivity contribution in [2.24, 2.45) is 0 Å². The molecular weight excluding hydrogens is 810 g/mol. The van der Waals surface area contributed by atoms with Crippen LogP contribution in [0.25, 0.3) is 0 Å². The molecule has 0 heterocycles. The van der Waals surface area contributed by atoms with Crippen LogP contribution in [0.5, 0.6) is 0 Å². The summed E-state index contributed by atoms with van der Waals surface area (Å²) in [6, 6.07) is 0. The number of carbonyl (C=O) groups excluding carboxylic acids is 2. The number of unbranched alkanes of at least 4 members (excludes halogenated alkanes) is 10. The number of hydrogen-bond donors (Lipinski definition) is 0. The maximum absolute atomic E-state index is 12.7. The first-order valence-electron chi connectivity index (χ1n) is 24.1. The number of quaternary nitrogens is 1. The minimum atomic E-state index is -4.65. The first-order chi connectivity index (χ1) is 30.5. The molecule has 63 heavy (non-hydrogen) atoms. The smallest absolute Gasteiger partial charge is 0.306 e. The molecule has 0 aromatic rings. The number of phosphoric acid groups is 1. The normalized spacial score (nSPS) is 14.4. The molecule has 0 saturated heterocycles. The average Bonchev–Trinajstić information content (AvgIpc) is 3.24. The Morgan fingerprint density at radius 3 is 1.37 bits per heavy atom. The van der Waals surface area contributed by atoms with Crippen LogP contribution in [0.3, 0.4) is 0 Å². The van der Waals surface area contributed by atoms with Crippen LogP contribution < -0.4 is 4.89 Å². The van der Waals surface area contributed by atoms with Gasteiger partial charge in [-0.2, -0.15) is 0 Å². The van der Waals surface area contributed by atoms with E-state index in [1.54, 1.807) is 0 Å². The largest absolute Gasteiger partial charge is 0.756 e. The zero-order valence-corrected chi connectivity index (χ0v) is 41.1. The topological polar surface area (TPSA) is 111 Å². The lowest BCUT2D eigenvalue weighted by atomic mass is 10.1. The van der Waals surface area contributed by atoms with Gasteiger partial charge < -0.3 is 27.9 Å². The molecule has 9 nitrogen and oxygen atoms in total. The molecule has 0 aromatic heterocycles. The third-order valence-corrected chi connectivity index (χ3v) is 10.5. The van der Waals surface area contributed by atoms with Gasteiger partial charge in [-0.05, 0) is 96.3 Å². The van der Waals surface area contributed by atoms with E-state index in [-0.39, 0.29) is 26.1 Å². The molecule has 0 saturated carbocycles. The predicted octanol–water partition coefficient (Wildman–Crippen LogP) is 13.7. The van der Waals surface area contributed by atoms with Crippen LogP contribution in [0, 0.1) is 0 Å². The quantitative estimate of drug-likeness (QED) is 0.0196. The molecule has 0 aliphatic carbocycles. The molecule has 2 unspecified atom stereocenters. The highest BCUT2D eigenvalue weighted by Crippen LogP contribution is 2.38. The zero-order valence-electron chi connectivity index (χ0n) is 40.2. The van der Waals surface area contributed by atoms with Gasteiger partial charge in [-0.25, -0.2) is 0 Å². The van der Waals surface area contributed by atoms with Gasteiger partial charge in [0.1, 0.15) is 19.8 Å². The number of esters is 2. The van der Waals surface area contributed by atoms with Gasteiger partial charge in [0.15, 0.2) is 6.10 Å². The molecule has 0 radical (unpaired) electrons. The number of allylic oxidation sites excluding steroid dienone is 18. The van der Waals surface area contributed by atoms with Crippen molar-refractivity contribution in [2.45, 2.75) is 168 Å². The number of rotatable bonds is 42. The summed E-state index contributed by atoms with van der Waals surface area (Å²) >= 11 is 0. The Morgan fingerprint density at radius 1 is 0.508 bits per heavy atom. The summed E-state index contributed by atoms with van der Waals surface area (Å²) in [6.07, 6.45) is 59.7. The highest BCUT2D eigenvalue weighted by molar-refractivity contribution is 7.45. The van der Waals surface area contributed by atoms with E-state index in [2.05, 4.69) is 123 Å². The Labute approximate surface area is 385 Å². The Balaban J connectivity index is 4.41. The van der Waals surface area contributed by atoms with Crippen molar-refractivity contribution in [3.05, 3.63) is 109 Å². The standard InChI is InChI=1S/C53H88NO8P/c1-6-8-10-12-14-16-18-20-22-23-24-25-26-27-28-29-30-31-32-34-36-38-40-42-44-46-53(56)62-51(50-61-63(57,58)60-48-47-54(3,4)5)49-59-52(55)45-43-41-39-37-35-33-21-19-17-15-13-11-9-7-2/h8,10,13-16,19-22,24-25,27-28,30-31,34,36,51H,6-7,9,11-12,17-18,23,26,29,32-33,35,37-50H2,1-5H3/b10-8-,15-13-,16-14-,21-19-,22-20-,25-24-,28-27-,31-30-,36-34-. The molecule has 0 aliphatic heterocycles. The van der Waals surface area contributed by atoms with Gasteiger partial charge in [0, 0.05) is 12.8 Å². The highest BCUT2D eigenvalue weighted by atomic mass is 31.2. The summed E-state index contributed by atoms with van der Waals surface area (Å²) in [6.45, 7) is 3.99. The van der Waals surface area contributed by atoms with Crippen molar-refractivity contribution in [2.75, 3.05) is 47.5 Å². The minimum Gasteiger partial charge on any atom is -0.756 e. The number of carbonyl (C=O) groups is 2. The van der Waals surface area contributed by atoms with Gasteiger partial charge in [-0.3, -0.25) is 14.2 Å². The Morgan fingerprint density at radius 2 is 0.905 bits per heavy atom.